The molecular formula is C23H23NO4S3. The molecule has 3 aromatic rings. The molecule has 0 fully saturated rings. The summed E-state index contributed by atoms with van der Waals surface area (Å²) in [6.45, 7) is 4.20. The number of nitrogens with zero attached hydrogens (tertiary/aromatic N) is 1. The first-order chi connectivity index (χ1) is 14.7. The van der Waals surface area contributed by atoms with E-state index in [-0.39, 0.29) is 9.79 Å². The highest BCUT2D eigenvalue weighted by molar-refractivity contribution is 8.04. The molecule has 0 aromatic heterocycles. The fourth-order valence-electron chi connectivity index (χ4n) is 2.77. The van der Waals surface area contributed by atoms with Gasteiger partial charge in [-0.1, -0.05) is 74.1 Å². The van der Waals surface area contributed by atoms with E-state index in [2.05, 4.69) is 13.8 Å². The van der Waals surface area contributed by atoms with E-state index in [9.17, 15) is 16.8 Å². The highest BCUT2D eigenvalue weighted by Gasteiger charge is 2.33. The molecule has 5 nitrogen and oxygen atoms in total. The smallest absolute Gasteiger partial charge is 0.200 e. The normalized spacial score (nSPS) is 12.4. The summed E-state index contributed by atoms with van der Waals surface area (Å²) in [5.41, 5.74) is 1.19. The van der Waals surface area contributed by atoms with Crippen molar-refractivity contribution < 1.29 is 16.8 Å². The molecule has 0 spiro atoms. The second kappa shape index (κ2) is 9.72. The van der Waals surface area contributed by atoms with Crippen LogP contribution in [0, 0.1) is 0 Å². The van der Waals surface area contributed by atoms with E-state index in [1.54, 1.807) is 36.4 Å². The quantitative estimate of drug-likeness (QED) is 0.407. The zero-order chi connectivity index (χ0) is 22.5. The van der Waals surface area contributed by atoms with Crippen molar-refractivity contribution in [2.24, 2.45) is 0 Å². The van der Waals surface area contributed by atoms with Crippen molar-refractivity contribution in [3.8, 4) is 0 Å². The molecule has 162 valence electrons. The lowest BCUT2D eigenvalue weighted by atomic mass is 10.0. The Hall–Kier alpha value is -2.55. The third-order valence-corrected chi connectivity index (χ3v) is 9.40. The van der Waals surface area contributed by atoms with E-state index in [1.807, 2.05) is 24.3 Å². The van der Waals surface area contributed by atoms with Gasteiger partial charge in [0.2, 0.25) is 0 Å². The maximum Gasteiger partial charge on any atom is 0.277 e. The number of rotatable bonds is 8. The van der Waals surface area contributed by atoms with Crippen molar-refractivity contribution in [3.05, 3.63) is 102 Å². The van der Waals surface area contributed by atoms with Crippen LogP contribution in [-0.4, -0.2) is 20.5 Å². The second-order valence-electron chi connectivity index (χ2n) is 6.99. The third-order valence-electron chi connectivity index (χ3n) is 4.49. The van der Waals surface area contributed by atoms with Crippen molar-refractivity contribution in [1.29, 1.82) is 0 Å². The molecule has 0 radical (unpaired) electrons. The van der Waals surface area contributed by atoms with Gasteiger partial charge in [0.1, 0.15) is 0 Å². The summed E-state index contributed by atoms with van der Waals surface area (Å²) in [6.07, 6.45) is 1.09. The molecule has 0 atom stereocenters. The Bertz CT molecular complexity index is 1170. The Morgan fingerprint density at radius 1 is 0.710 bits per heavy atom. The fourth-order valence-corrected chi connectivity index (χ4v) is 6.97. The first kappa shape index (κ1) is 23.1. The van der Waals surface area contributed by atoms with Gasteiger partial charge in [-0.25, -0.2) is 16.8 Å². The summed E-state index contributed by atoms with van der Waals surface area (Å²) < 4.78 is 53.2. The van der Waals surface area contributed by atoms with E-state index in [0.717, 1.165) is 11.1 Å². The molecule has 0 amide bonds. The van der Waals surface area contributed by atoms with Crippen molar-refractivity contribution in [3.63, 3.8) is 0 Å². The van der Waals surface area contributed by atoms with E-state index in [1.165, 1.54) is 47.0 Å². The Morgan fingerprint density at radius 2 is 1.16 bits per heavy atom. The zero-order valence-corrected chi connectivity index (χ0v) is 19.6. The number of sulfonamides is 2. The number of thioether (sulfide) groups is 1. The average Bonchev–Trinajstić information content (AvgIpc) is 2.78. The van der Waals surface area contributed by atoms with Crippen LogP contribution in [0.5, 0.6) is 0 Å². The Labute approximate surface area is 188 Å². The summed E-state index contributed by atoms with van der Waals surface area (Å²) in [4.78, 5) is 0.658. The molecular weight excluding hydrogens is 450 g/mol. The monoisotopic (exact) mass is 473 g/mol. The zero-order valence-electron chi connectivity index (χ0n) is 17.1. The molecule has 0 aliphatic rings. The van der Waals surface area contributed by atoms with Crippen molar-refractivity contribution in [2.45, 2.75) is 34.5 Å². The van der Waals surface area contributed by atoms with Crippen LogP contribution in [-0.2, 0) is 20.0 Å². The van der Waals surface area contributed by atoms with Gasteiger partial charge >= 0.3 is 0 Å². The average molecular weight is 474 g/mol. The first-order valence-electron chi connectivity index (χ1n) is 9.56. The minimum Gasteiger partial charge on any atom is -0.200 e. The lowest BCUT2D eigenvalue weighted by molar-refractivity contribution is 0.537. The molecule has 0 saturated heterocycles. The first-order valence-corrected chi connectivity index (χ1v) is 13.3. The largest absolute Gasteiger partial charge is 0.277 e. The summed E-state index contributed by atoms with van der Waals surface area (Å²) in [5, 5.41) is 1.46. The van der Waals surface area contributed by atoms with Gasteiger partial charge in [-0.15, -0.1) is 0 Å². The van der Waals surface area contributed by atoms with E-state index in [0.29, 0.717) is 9.63 Å². The van der Waals surface area contributed by atoms with Gasteiger partial charge in [0.25, 0.3) is 20.0 Å². The lowest BCUT2D eigenvalue weighted by Gasteiger charge is -2.20. The van der Waals surface area contributed by atoms with Gasteiger partial charge in [0.05, 0.1) is 9.79 Å². The van der Waals surface area contributed by atoms with Crippen molar-refractivity contribution in [1.82, 2.24) is 3.71 Å². The summed E-state index contributed by atoms with van der Waals surface area (Å²) >= 11 is 1.24. The molecule has 0 unspecified atom stereocenters. The van der Waals surface area contributed by atoms with Gasteiger partial charge in [0, 0.05) is 11.1 Å². The predicted octanol–water partition coefficient (Wildman–Crippen LogP) is 5.45. The van der Waals surface area contributed by atoms with Crippen molar-refractivity contribution >= 4 is 31.8 Å². The highest BCUT2D eigenvalue weighted by Crippen LogP contribution is 2.27. The standard InChI is InChI=1S/C23H23NO4S3/c1-19(2)20-13-15-21(16-14-20)29-18-17-24(30(25,26)22-9-5-3-6-10-22)31(27,28)23-11-7-4-8-12-23/h3-19H,1-2H3/b18-17-. The van der Waals surface area contributed by atoms with Gasteiger partial charge in [-0.05, 0) is 53.3 Å². The van der Waals surface area contributed by atoms with Crippen LogP contribution in [0.15, 0.2) is 111 Å². The molecule has 0 aliphatic carbocycles. The van der Waals surface area contributed by atoms with Crippen LogP contribution in [0.3, 0.4) is 0 Å². The molecule has 0 N–H and O–H groups in total. The van der Waals surface area contributed by atoms with Crippen LogP contribution in [0.25, 0.3) is 0 Å². The minimum absolute atomic E-state index is 0.106. The van der Waals surface area contributed by atoms with Crippen LogP contribution < -0.4 is 0 Å². The van der Waals surface area contributed by atoms with Crippen molar-refractivity contribution in [2.75, 3.05) is 0 Å². The molecule has 3 aromatic carbocycles. The molecule has 0 aliphatic heterocycles. The van der Waals surface area contributed by atoms with Gasteiger partial charge in [-0.3, -0.25) is 0 Å². The maximum absolute atomic E-state index is 13.2. The minimum atomic E-state index is -4.33. The predicted molar refractivity (Wildman–Crippen MR) is 125 cm³/mol. The molecule has 8 heteroatoms. The number of hydrogen-bond donors (Lipinski definition) is 0. The molecule has 0 bridgehead atoms. The van der Waals surface area contributed by atoms with E-state index >= 15 is 0 Å². The second-order valence-corrected chi connectivity index (χ2v) is 11.8. The van der Waals surface area contributed by atoms with Crippen LogP contribution in [0.4, 0.5) is 0 Å². The Morgan fingerprint density at radius 3 is 1.58 bits per heavy atom. The third kappa shape index (κ3) is 5.39. The lowest BCUT2D eigenvalue weighted by Crippen LogP contribution is -2.32. The molecule has 31 heavy (non-hydrogen) atoms. The van der Waals surface area contributed by atoms with Gasteiger partial charge < -0.3 is 0 Å². The van der Waals surface area contributed by atoms with Gasteiger partial charge in [-0.2, -0.15) is 3.71 Å². The SMILES string of the molecule is CC(C)c1ccc(S/C=C\N(S(=O)(=O)c2ccccc2)S(=O)(=O)c2ccccc2)cc1. The maximum atomic E-state index is 13.2. The summed E-state index contributed by atoms with van der Waals surface area (Å²) in [5.74, 6) is 0.400. The highest BCUT2D eigenvalue weighted by atomic mass is 32.3. The van der Waals surface area contributed by atoms with E-state index in [4.69, 9.17) is 0 Å². The fraction of sp³-hybridized carbons (Fsp3) is 0.130. The molecule has 0 heterocycles. The van der Waals surface area contributed by atoms with Crippen LogP contribution in [0.1, 0.15) is 25.3 Å². The number of benzene rings is 3. The Balaban J connectivity index is 1.97. The van der Waals surface area contributed by atoms with Crippen LogP contribution >= 0.6 is 11.8 Å². The molecule has 3 rings (SSSR count). The summed E-state index contributed by atoms with van der Waals surface area (Å²) in [6, 6.07) is 22.9. The number of hydrogen-bond acceptors (Lipinski definition) is 5. The van der Waals surface area contributed by atoms with Gasteiger partial charge in [0.15, 0.2) is 0 Å². The topological polar surface area (TPSA) is 71.5 Å². The molecule has 0 saturated carbocycles. The van der Waals surface area contributed by atoms with E-state index < -0.39 is 20.0 Å². The summed E-state index contributed by atoms with van der Waals surface area (Å²) in [7, 11) is -8.67. The van der Waals surface area contributed by atoms with Crippen LogP contribution in [0.2, 0.25) is 0 Å². The Kier molecular flexibility index (Phi) is 7.25.